The van der Waals surface area contributed by atoms with Gasteiger partial charge in [0.25, 0.3) is 5.91 Å². The molecule has 0 spiro atoms. The highest BCUT2D eigenvalue weighted by atomic mass is 32.2. The van der Waals surface area contributed by atoms with Crippen LogP contribution < -0.4 is 10.5 Å². The van der Waals surface area contributed by atoms with E-state index >= 15 is 0 Å². The molecule has 0 unspecified atom stereocenters. The molecule has 1 aliphatic heterocycles. The van der Waals surface area contributed by atoms with Crippen LogP contribution in [-0.4, -0.2) is 28.8 Å². The van der Waals surface area contributed by atoms with Crippen molar-refractivity contribution in [1.29, 1.82) is 0 Å². The number of alkyl halides is 3. The number of carbonyl (C=O) groups excluding carboxylic acids is 1. The first-order valence-electron chi connectivity index (χ1n) is 6.68. The molecule has 3 rings (SSSR count). The number of benzene rings is 1. The second-order valence-corrected chi connectivity index (χ2v) is 5.92. The Bertz CT molecular complexity index is 878. The molecule has 24 heavy (non-hydrogen) atoms. The third-order valence-corrected chi connectivity index (χ3v) is 3.86. The molecular weight excluding hydrogens is 343 g/mol. The third kappa shape index (κ3) is 3.67. The van der Waals surface area contributed by atoms with Gasteiger partial charge < -0.3 is 10.5 Å². The van der Waals surface area contributed by atoms with Crippen molar-refractivity contribution in [2.45, 2.75) is 6.18 Å². The summed E-state index contributed by atoms with van der Waals surface area (Å²) >= 11 is 1.04. The van der Waals surface area contributed by atoms with Crippen LogP contribution in [0, 0.1) is 0 Å². The highest BCUT2D eigenvalue weighted by Crippen LogP contribution is 2.30. The van der Waals surface area contributed by atoms with E-state index in [4.69, 9.17) is 10.5 Å². The summed E-state index contributed by atoms with van der Waals surface area (Å²) in [5.41, 5.74) is 6.57. The molecule has 0 aliphatic carbocycles. The number of fused-ring (bicyclic) bond motifs is 1. The lowest BCUT2D eigenvalue weighted by molar-refractivity contribution is -0.153. The summed E-state index contributed by atoms with van der Waals surface area (Å²) < 4.78 is 41.9. The monoisotopic (exact) mass is 353 g/mol. The molecule has 5 nitrogen and oxygen atoms in total. The van der Waals surface area contributed by atoms with Crippen molar-refractivity contribution in [3.8, 4) is 5.75 Å². The fourth-order valence-corrected chi connectivity index (χ4v) is 2.77. The number of pyridine rings is 1. The first-order chi connectivity index (χ1) is 11.3. The Kier molecular flexibility index (Phi) is 4.18. The molecule has 1 aromatic heterocycles. The first kappa shape index (κ1) is 16.3. The van der Waals surface area contributed by atoms with Gasteiger partial charge >= 0.3 is 6.18 Å². The van der Waals surface area contributed by atoms with Crippen molar-refractivity contribution in [3.63, 3.8) is 0 Å². The van der Waals surface area contributed by atoms with Gasteiger partial charge in [-0.2, -0.15) is 18.2 Å². The second kappa shape index (κ2) is 6.16. The van der Waals surface area contributed by atoms with Crippen LogP contribution in [0.5, 0.6) is 5.75 Å². The molecule has 0 atom stereocenters. The fraction of sp³-hybridized carbons (Fsp3) is 0.133. The molecule has 0 fully saturated rings. The zero-order valence-corrected chi connectivity index (χ0v) is 12.8. The predicted octanol–water partition coefficient (Wildman–Crippen LogP) is 3.10. The number of thioether (sulfide) groups is 1. The lowest BCUT2D eigenvalue weighted by Gasteiger charge is -2.11. The standard InChI is InChI=1S/C15H10F3N3O2S/c16-15(17,18)7-23-11-3-4-20-10-2-1-8(5-9(10)11)6-12-13(22)21-14(19)24-12/h1-6H,7H2,(H2,19,21,22). The maximum Gasteiger partial charge on any atom is 0.422 e. The Balaban J connectivity index is 1.95. The molecule has 0 bridgehead atoms. The van der Waals surface area contributed by atoms with E-state index in [1.807, 2.05) is 0 Å². The van der Waals surface area contributed by atoms with Crippen LogP contribution in [0.25, 0.3) is 17.0 Å². The lowest BCUT2D eigenvalue weighted by atomic mass is 10.1. The zero-order chi connectivity index (χ0) is 17.3. The van der Waals surface area contributed by atoms with E-state index in [0.717, 1.165) is 11.8 Å². The summed E-state index contributed by atoms with van der Waals surface area (Å²) in [7, 11) is 0. The molecule has 9 heteroatoms. The summed E-state index contributed by atoms with van der Waals surface area (Å²) in [6.07, 6.45) is -1.50. The third-order valence-electron chi connectivity index (χ3n) is 3.05. The minimum Gasteiger partial charge on any atom is -0.483 e. The Morgan fingerprint density at radius 3 is 2.75 bits per heavy atom. The fourth-order valence-electron chi connectivity index (χ4n) is 2.09. The van der Waals surface area contributed by atoms with E-state index in [9.17, 15) is 18.0 Å². The van der Waals surface area contributed by atoms with Crippen LogP contribution in [0.3, 0.4) is 0 Å². The second-order valence-electron chi connectivity index (χ2n) is 4.86. The topological polar surface area (TPSA) is 77.6 Å². The Labute approximate surface area is 138 Å². The number of halogens is 3. The van der Waals surface area contributed by atoms with Crippen molar-refractivity contribution < 1.29 is 22.7 Å². The summed E-state index contributed by atoms with van der Waals surface area (Å²) in [4.78, 5) is 19.6. The van der Waals surface area contributed by atoms with Crippen molar-refractivity contribution in [1.82, 2.24) is 4.98 Å². The number of nitrogens with two attached hydrogens (primary N) is 1. The molecule has 2 N–H and O–H groups in total. The SMILES string of the molecule is NC1=NC(=O)C(=Cc2ccc3nccc(OCC(F)(F)F)c3c2)S1. The van der Waals surface area contributed by atoms with E-state index in [1.54, 1.807) is 24.3 Å². The highest BCUT2D eigenvalue weighted by molar-refractivity contribution is 8.18. The number of amidine groups is 1. The number of rotatable bonds is 3. The summed E-state index contributed by atoms with van der Waals surface area (Å²) in [6.45, 7) is -1.39. The van der Waals surface area contributed by atoms with Gasteiger partial charge in [0.15, 0.2) is 11.8 Å². The number of aliphatic imine (C=N–C) groups is 1. The highest BCUT2D eigenvalue weighted by Gasteiger charge is 2.28. The van der Waals surface area contributed by atoms with Gasteiger partial charge in [-0.1, -0.05) is 6.07 Å². The molecule has 124 valence electrons. The Morgan fingerprint density at radius 1 is 1.29 bits per heavy atom. The zero-order valence-electron chi connectivity index (χ0n) is 12.0. The molecule has 2 aromatic rings. The molecule has 2 heterocycles. The van der Waals surface area contributed by atoms with Crippen molar-refractivity contribution in [3.05, 3.63) is 40.9 Å². The first-order valence-corrected chi connectivity index (χ1v) is 7.50. The van der Waals surface area contributed by atoms with Crippen molar-refractivity contribution in [2.24, 2.45) is 10.7 Å². The number of hydrogen-bond acceptors (Lipinski definition) is 5. The molecular formula is C15H10F3N3O2S. The van der Waals surface area contributed by atoms with Crippen molar-refractivity contribution >= 4 is 39.8 Å². The van der Waals surface area contributed by atoms with Gasteiger partial charge in [0.1, 0.15) is 5.75 Å². The lowest BCUT2D eigenvalue weighted by Crippen LogP contribution is -2.19. The minimum absolute atomic E-state index is 0.0683. The molecule has 0 saturated carbocycles. The van der Waals surface area contributed by atoms with Crippen molar-refractivity contribution in [2.75, 3.05) is 6.61 Å². The van der Waals surface area contributed by atoms with Crippen LogP contribution in [0.4, 0.5) is 13.2 Å². The van der Waals surface area contributed by atoms with E-state index in [-0.39, 0.29) is 10.9 Å². The quantitative estimate of drug-likeness (QED) is 0.858. The van der Waals surface area contributed by atoms with Crippen LogP contribution in [0.15, 0.2) is 40.4 Å². The average molecular weight is 353 g/mol. The molecule has 0 saturated heterocycles. The van der Waals surface area contributed by atoms with E-state index in [1.165, 1.54) is 12.3 Å². The number of hydrogen-bond donors (Lipinski definition) is 1. The van der Waals surface area contributed by atoms with Gasteiger partial charge in [0, 0.05) is 11.6 Å². The van der Waals surface area contributed by atoms with Gasteiger partial charge in [-0.25, -0.2) is 0 Å². The maximum atomic E-state index is 12.4. The number of amides is 1. The minimum atomic E-state index is -4.43. The van der Waals surface area contributed by atoms with Crippen LogP contribution >= 0.6 is 11.8 Å². The summed E-state index contributed by atoms with van der Waals surface area (Å²) in [6, 6.07) is 6.29. The van der Waals surface area contributed by atoms with Gasteiger partial charge in [0.2, 0.25) is 0 Å². The number of carbonyl (C=O) groups is 1. The average Bonchev–Trinajstić information content (AvgIpc) is 2.82. The summed E-state index contributed by atoms with van der Waals surface area (Å²) in [5.74, 6) is -0.379. The van der Waals surface area contributed by atoms with E-state index < -0.39 is 18.7 Å². The molecule has 1 aromatic carbocycles. The van der Waals surface area contributed by atoms with E-state index in [0.29, 0.717) is 21.4 Å². The van der Waals surface area contributed by atoms with Crippen LogP contribution in [-0.2, 0) is 4.79 Å². The molecule has 0 radical (unpaired) electrons. The summed E-state index contributed by atoms with van der Waals surface area (Å²) in [5, 5.41) is 0.573. The maximum absolute atomic E-state index is 12.4. The predicted molar refractivity (Wildman–Crippen MR) is 85.5 cm³/mol. The Morgan fingerprint density at radius 2 is 2.08 bits per heavy atom. The number of nitrogens with zero attached hydrogens (tertiary/aromatic N) is 2. The number of ether oxygens (including phenoxy) is 1. The number of aromatic nitrogens is 1. The Hall–Kier alpha value is -2.55. The van der Waals surface area contributed by atoms with E-state index in [2.05, 4.69) is 9.98 Å². The largest absolute Gasteiger partial charge is 0.483 e. The molecule has 1 aliphatic rings. The van der Waals surface area contributed by atoms with Gasteiger partial charge in [-0.05, 0) is 41.6 Å². The molecule has 1 amide bonds. The van der Waals surface area contributed by atoms with Crippen LogP contribution in [0.1, 0.15) is 5.56 Å². The van der Waals surface area contributed by atoms with Gasteiger partial charge in [-0.15, -0.1) is 0 Å². The van der Waals surface area contributed by atoms with Crippen LogP contribution in [0.2, 0.25) is 0 Å². The normalized spacial score (nSPS) is 16.7. The van der Waals surface area contributed by atoms with Gasteiger partial charge in [0.05, 0.1) is 10.4 Å². The van der Waals surface area contributed by atoms with Gasteiger partial charge in [-0.3, -0.25) is 9.78 Å². The smallest absolute Gasteiger partial charge is 0.422 e.